The lowest BCUT2D eigenvalue weighted by molar-refractivity contribution is -0.151. The summed E-state index contributed by atoms with van der Waals surface area (Å²) >= 11 is 0. The quantitative estimate of drug-likeness (QED) is 0.821. The molecule has 3 N–H and O–H groups in total. The van der Waals surface area contributed by atoms with Crippen molar-refractivity contribution in [3.05, 3.63) is 29.3 Å². The standard InChI is InChI=1S/C16H20F3N3O/c1-9(2)15(6-10-3-4-12(20)5-11(10)7-15)22-8-13(16(17,18)19)21-14(22)23/h3-5,9,13H,6-8,20H2,1-2H3,(H,21,23). The summed E-state index contributed by atoms with van der Waals surface area (Å²) in [5, 5.41) is 2.08. The van der Waals surface area contributed by atoms with E-state index in [2.05, 4.69) is 5.32 Å². The van der Waals surface area contributed by atoms with Crippen LogP contribution in [0.15, 0.2) is 18.2 Å². The van der Waals surface area contributed by atoms with Gasteiger partial charge in [-0.3, -0.25) is 0 Å². The molecular formula is C16H20F3N3O. The number of halogens is 3. The Morgan fingerprint density at radius 2 is 1.96 bits per heavy atom. The van der Waals surface area contributed by atoms with Crippen LogP contribution in [0.5, 0.6) is 0 Å². The van der Waals surface area contributed by atoms with Crippen LogP contribution in [-0.4, -0.2) is 35.2 Å². The molecule has 2 aliphatic rings. The van der Waals surface area contributed by atoms with Gasteiger partial charge >= 0.3 is 12.2 Å². The predicted octanol–water partition coefficient (Wildman–Crippen LogP) is 2.72. The third kappa shape index (κ3) is 2.52. The second-order valence-electron chi connectivity index (χ2n) is 6.79. The fraction of sp³-hybridized carbons (Fsp3) is 0.562. The molecule has 1 aliphatic heterocycles. The van der Waals surface area contributed by atoms with Crippen molar-refractivity contribution in [1.82, 2.24) is 10.2 Å². The Kier molecular flexibility index (Phi) is 3.50. The molecule has 2 unspecified atom stereocenters. The Morgan fingerprint density at radius 1 is 1.30 bits per heavy atom. The number of amides is 2. The number of anilines is 1. The Bertz CT molecular complexity index is 644. The zero-order chi connectivity index (χ0) is 17.0. The number of nitrogens with two attached hydrogens (primary N) is 1. The molecule has 2 atom stereocenters. The van der Waals surface area contributed by atoms with E-state index in [0.29, 0.717) is 18.5 Å². The highest BCUT2D eigenvalue weighted by Gasteiger charge is 2.55. The SMILES string of the molecule is CC(C)C1(N2CC(C(F)(F)F)NC2=O)Cc2ccc(N)cc2C1. The lowest BCUT2D eigenvalue weighted by Gasteiger charge is -2.41. The van der Waals surface area contributed by atoms with Gasteiger partial charge in [0, 0.05) is 5.69 Å². The highest BCUT2D eigenvalue weighted by atomic mass is 19.4. The second kappa shape index (κ2) is 5.04. The summed E-state index contributed by atoms with van der Waals surface area (Å²) < 4.78 is 38.9. The van der Waals surface area contributed by atoms with E-state index in [1.54, 1.807) is 6.07 Å². The summed E-state index contributed by atoms with van der Waals surface area (Å²) in [6.07, 6.45) is -3.35. The van der Waals surface area contributed by atoms with Crippen molar-refractivity contribution in [3.8, 4) is 0 Å². The zero-order valence-electron chi connectivity index (χ0n) is 13.1. The molecule has 23 heavy (non-hydrogen) atoms. The van der Waals surface area contributed by atoms with Crippen molar-refractivity contribution in [1.29, 1.82) is 0 Å². The minimum Gasteiger partial charge on any atom is -0.399 e. The van der Waals surface area contributed by atoms with Gasteiger partial charge in [0.2, 0.25) is 0 Å². The first-order valence-corrected chi connectivity index (χ1v) is 7.65. The molecule has 0 aromatic heterocycles. The molecule has 2 amide bonds. The number of benzene rings is 1. The van der Waals surface area contributed by atoms with E-state index in [4.69, 9.17) is 5.73 Å². The van der Waals surface area contributed by atoms with Gasteiger partial charge in [0.25, 0.3) is 0 Å². The van der Waals surface area contributed by atoms with Crippen molar-refractivity contribution >= 4 is 11.7 Å². The number of rotatable bonds is 2. The predicted molar refractivity (Wildman–Crippen MR) is 80.9 cm³/mol. The zero-order valence-corrected chi connectivity index (χ0v) is 13.1. The number of nitrogen functional groups attached to an aromatic ring is 1. The molecule has 7 heteroatoms. The lowest BCUT2D eigenvalue weighted by atomic mass is 9.81. The van der Waals surface area contributed by atoms with Crippen LogP contribution in [0.4, 0.5) is 23.7 Å². The topological polar surface area (TPSA) is 58.4 Å². The number of fused-ring (bicyclic) bond motifs is 1. The molecule has 4 nitrogen and oxygen atoms in total. The van der Waals surface area contributed by atoms with Gasteiger partial charge in [0.15, 0.2) is 0 Å². The van der Waals surface area contributed by atoms with Crippen molar-refractivity contribution in [2.75, 3.05) is 12.3 Å². The molecule has 3 rings (SSSR count). The maximum Gasteiger partial charge on any atom is 0.410 e. The van der Waals surface area contributed by atoms with Gasteiger partial charge in [-0.05, 0) is 42.0 Å². The third-order valence-electron chi connectivity index (χ3n) is 5.14. The number of hydrogen-bond donors (Lipinski definition) is 2. The van der Waals surface area contributed by atoms with Crippen LogP contribution in [0.2, 0.25) is 0 Å². The molecule has 1 fully saturated rings. The molecular weight excluding hydrogens is 307 g/mol. The molecule has 0 saturated carbocycles. The molecule has 1 aromatic carbocycles. The normalized spacial score (nSPS) is 27.5. The first-order chi connectivity index (χ1) is 10.6. The number of hydrogen-bond acceptors (Lipinski definition) is 2. The number of alkyl halides is 3. The fourth-order valence-electron chi connectivity index (χ4n) is 3.72. The number of carbonyl (C=O) groups excluding carboxylic acids is 1. The van der Waals surface area contributed by atoms with Crippen molar-refractivity contribution < 1.29 is 18.0 Å². The molecule has 0 spiro atoms. The Hall–Kier alpha value is -1.92. The Balaban J connectivity index is 1.94. The van der Waals surface area contributed by atoms with Gasteiger partial charge in [-0.25, -0.2) is 4.79 Å². The first-order valence-electron chi connectivity index (χ1n) is 7.65. The minimum atomic E-state index is -4.43. The smallest absolute Gasteiger partial charge is 0.399 e. The second-order valence-corrected chi connectivity index (χ2v) is 6.79. The highest BCUT2D eigenvalue weighted by Crippen LogP contribution is 2.42. The Morgan fingerprint density at radius 3 is 2.52 bits per heavy atom. The van der Waals surface area contributed by atoms with Crippen LogP contribution < -0.4 is 11.1 Å². The van der Waals surface area contributed by atoms with Gasteiger partial charge in [0.05, 0.1) is 12.1 Å². The number of carbonyl (C=O) groups is 1. The first kappa shape index (κ1) is 16.0. The number of nitrogens with zero attached hydrogens (tertiary/aromatic N) is 1. The van der Waals surface area contributed by atoms with E-state index in [9.17, 15) is 18.0 Å². The summed E-state index contributed by atoms with van der Waals surface area (Å²) in [5.74, 6) is 0.0221. The molecule has 1 heterocycles. The van der Waals surface area contributed by atoms with Crippen molar-refractivity contribution in [2.45, 2.75) is 44.4 Å². The minimum absolute atomic E-state index is 0.0221. The summed E-state index contributed by atoms with van der Waals surface area (Å²) in [4.78, 5) is 13.6. The van der Waals surface area contributed by atoms with Gasteiger partial charge in [-0.1, -0.05) is 19.9 Å². The molecule has 1 aromatic rings. The van der Waals surface area contributed by atoms with Gasteiger partial charge in [0.1, 0.15) is 6.04 Å². The lowest BCUT2D eigenvalue weighted by Crippen LogP contribution is -2.55. The Labute approximate surface area is 132 Å². The van der Waals surface area contributed by atoms with Gasteiger partial charge < -0.3 is 16.0 Å². The van der Waals surface area contributed by atoms with Crippen LogP contribution in [0, 0.1) is 5.92 Å². The average molecular weight is 327 g/mol. The maximum absolute atomic E-state index is 13.0. The summed E-state index contributed by atoms with van der Waals surface area (Å²) in [5.41, 5.74) is 7.87. The molecule has 126 valence electrons. The maximum atomic E-state index is 13.0. The van der Waals surface area contributed by atoms with Crippen LogP contribution in [0.3, 0.4) is 0 Å². The average Bonchev–Trinajstić information content (AvgIpc) is 2.99. The summed E-state index contributed by atoms with van der Waals surface area (Å²) in [7, 11) is 0. The van der Waals surface area contributed by atoms with Crippen LogP contribution >= 0.6 is 0 Å². The molecule has 1 saturated heterocycles. The number of nitrogens with one attached hydrogen (secondary N) is 1. The van der Waals surface area contributed by atoms with Gasteiger partial charge in [-0.15, -0.1) is 0 Å². The van der Waals surface area contributed by atoms with Crippen LogP contribution in [0.25, 0.3) is 0 Å². The van der Waals surface area contributed by atoms with E-state index in [-0.39, 0.29) is 12.5 Å². The monoisotopic (exact) mass is 327 g/mol. The fourth-order valence-corrected chi connectivity index (χ4v) is 3.72. The van der Waals surface area contributed by atoms with E-state index >= 15 is 0 Å². The van der Waals surface area contributed by atoms with E-state index in [1.807, 2.05) is 26.0 Å². The van der Waals surface area contributed by atoms with E-state index in [0.717, 1.165) is 11.1 Å². The summed E-state index contributed by atoms with van der Waals surface area (Å²) in [6.45, 7) is 3.55. The van der Waals surface area contributed by atoms with E-state index < -0.39 is 23.8 Å². The number of urea groups is 1. The van der Waals surface area contributed by atoms with E-state index in [1.165, 1.54) is 4.90 Å². The molecule has 0 radical (unpaired) electrons. The third-order valence-corrected chi connectivity index (χ3v) is 5.14. The van der Waals surface area contributed by atoms with Crippen molar-refractivity contribution in [3.63, 3.8) is 0 Å². The van der Waals surface area contributed by atoms with Crippen LogP contribution in [-0.2, 0) is 12.8 Å². The molecule has 0 bridgehead atoms. The highest BCUT2D eigenvalue weighted by molar-refractivity contribution is 5.78. The van der Waals surface area contributed by atoms with Crippen LogP contribution in [0.1, 0.15) is 25.0 Å². The molecule has 1 aliphatic carbocycles. The van der Waals surface area contributed by atoms with Crippen molar-refractivity contribution in [2.24, 2.45) is 5.92 Å². The summed E-state index contributed by atoms with van der Waals surface area (Å²) in [6, 6.07) is 3.11. The van der Waals surface area contributed by atoms with Gasteiger partial charge in [-0.2, -0.15) is 13.2 Å². The largest absolute Gasteiger partial charge is 0.410 e.